The molecule has 30 heavy (non-hydrogen) atoms. The van der Waals surface area contributed by atoms with Gasteiger partial charge in [0.05, 0.1) is 5.69 Å². The fraction of sp³-hybridized carbons (Fsp3) is 0.636. The Morgan fingerprint density at radius 2 is 2.00 bits per heavy atom. The van der Waals surface area contributed by atoms with Crippen LogP contribution in [-0.4, -0.2) is 63.1 Å². The van der Waals surface area contributed by atoms with Crippen LogP contribution in [0.2, 0.25) is 0 Å². The standard InChI is InChI=1S/C22H34FN5O.HI/c1-24-22(25-13-7-14-27(2)20-11-6-5-10-19(20)23)26-18-12-15-28(16-18)21(29)17-8-3-4-9-17;/h5-6,10-11,17-18H,3-4,7-9,12-16H2,1-2H3,(H2,24,25,26);1H. The van der Waals surface area contributed by atoms with E-state index in [0.717, 1.165) is 57.8 Å². The monoisotopic (exact) mass is 531 g/mol. The number of para-hydroxylation sites is 1. The summed E-state index contributed by atoms with van der Waals surface area (Å²) in [5.74, 6) is 1.15. The summed E-state index contributed by atoms with van der Waals surface area (Å²) in [7, 11) is 3.66. The van der Waals surface area contributed by atoms with Gasteiger partial charge in [-0.1, -0.05) is 25.0 Å². The van der Waals surface area contributed by atoms with Crippen LogP contribution < -0.4 is 15.5 Å². The van der Waals surface area contributed by atoms with Crippen LogP contribution in [0.5, 0.6) is 0 Å². The van der Waals surface area contributed by atoms with Crippen molar-refractivity contribution < 1.29 is 9.18 Å². The average molecular weight is 531 g/mol. The van der Waals surface area contributed by atoms with Gasteiger partial charge in [0.2, 0.25) is 5.91 Å². The first-order valence-electron chi connectivity index (χ1n) is 10.8. The Labute approximate surface area is 196 Å². The zero-order chi connectivity index (χ0) is 20.6. The molecule has 1 atom stereocenters. The minimum atomic E-state index is -0.196. The number of rotatable bonds is 7. The third-order valence-corrected chi connectivity index (χ3v) is 6.00. The molecule has 1 aromatic carbocycles. The fourth-order valence-corrected chi connectivity index (χ4v) is 4.30. The first-order valence-corrected chi connectivity index (χ1v) is 10.8. The molecule has 0 aromatic heterocycles. The number of carbonyl (C=O) groups is 1. The molecule has 2 fully saturated rings. The maximum atomic E-state index is 13.8. The summed E-state index contributed by atoms with van der Waals surface area (Å²) in [6, 6.07) is 7.07. The van der Waals surface area contributed by atoms with Crippen LogP contribution in [-0.2, 0) is 4.79 Å². The SMILES string of the molecule is CN=C(NCCCN(C)c1ccccc1F)NC1CCN(C(=O)C2CCCC2)C1.I. The molecule has 6 nitrogen and oxygen atoms in total. The Bertz CT molecular complexity index is 711. The number of amides is 1. The van der Waals surface area contributed by atoms with Gasteiger partial charge in [-0.05, 0) is 37.8 Å². The summed E-state index contributed by atoms with van der Waals surface area (Å²) in [6.45, 7) is 3.08. The number of benzene rings is 1. The van der Waals surface area contributed by atoms with E-state index in [4.69, 9.17) is 0 Å². The number of aliphatic imine (C=N–C) groups is 1. The van der Waals surface area contributed by atoms with Crippen LogP contribution in [0.15, 0.2) is 29.3 Å². The van der Waals surface area contributed by atoms with Crippen molar-refractivity contribution in [1.29, 1.82) is 0 Å². The van der Waals surface area contributed by atoms with Crippen molar-refractivity contribution in [2.75, 3.05) is 45.2 Å². The van der Waals surface area contributed by atoms with Crippen LogP contribution in [0.4, 0.5) is 10.1 Å². The molecule has 1 unspecified atom stereocenters. The van der Waals surface area contributed by atoms with E-state index in [9.17, 15) is 9.18 Å². The van der Waals surface area contributed by atoms with E-state index in [2.05, 4.69) is 15.6 Å². The van der Waals surface area contributed by atoms with Gasteiger partial charge < -0.3 is 20.4 Å². The third-order valence-electron chi connectivity index (χ3n) is 6.00. The molecule has 1 saturated heterocycles. The van der Waals surface area contributed by atoms with Gasteiger partial charge in [-0.2, -0.15) is 0 Å². The maximum Gasteiger partial charge on any atom is 0.225 e. The Hall–Kier alpha value is -1.58. The normalized spacial score (nSPS) is 19.5. The molecule has 8 heteroatoms. The number of hydrogen-bond donors (Lipinski definition) is 2. The molecule has 1 amide bonds. The van der Waals surface area contributed by atoms with E-state index in [-0.39, 0.29) is 41.8 Å². The Kier molecular flexibility index (Phi) is 10.1. The molecule has 3 rings (SSSR count). The molecule has 0 radical (unpaired) electrons. The number of halogens is 2. The van der Waals surface area contributed by atoms with Crippen molar-refractivity contribution in [3.05, 3.63) is 30.1 Å². The van der Waals surface area contributed by atoms with Gasteiger partial charge in [-0.3, -0.25) is 9.79 Å². The lowest BCUT2D eigenvalue weighted by Gasteiger charge is -2.22. The fourth-order valence-electron chi connectivity index (χ4n) is 4.30. The lowest BCUT2D eigenvalue weighted by atomic mass is 10.1. The van der Waals surface area contributed by atoms with Crippen molar-refractivity contribution >= 4 is 41.5 Å². The average Bonchev–Trinajstić information content (AvgIpc) is 3.42. The minimum absolute atomic E-state index is 0. The third kappa shape index (κ3) is 6.72. The van der Waals surface area contributed by atoms with Gasteiger partial charge in [-0.25, -0.2) is 4.39 Å². The van der Waals surface area contributed by atoms with Gasteiger partial charge in [0.1, 0.15) is 5.82 Å². The second-order valence-corrected chi connectivity index (χ2v) is 8.12. The summed E-state index contributed by atoms with van der Waals surface area (Å²) in [5.41, 5.74) is 0.619. The highest BCUT2D eigenvalue weighted by atomic mass is 127. The van der Waals surface area contributed by atoms with E-state index >= 15 is 0 Å². The first-order chi connectivity index (χ1) is 14.1. The predicted molar refractivity (Wildman–Crippen MR) is 131 cm³/mol. The highest BCUT2D eigenvalue weighted by molar-refractivity contribution is 14.0. The summed E-state index contributed by atoms with van der Waals surface area (Å²) >= 11 is 0. The molecule has 2 aliphatic rings. The van der Waals surface area contributed by atoms with Gasteiger partial charge in [0, 0.05) is 52.2 Å². The molecule has 168 valence electrons. The summed E-state index contributed by atoms with van der Waals surface area (Å²) in [6.07, 6.45) is 6.30. The highest BCUT2D eigenvalue weighted by Gasteiger charge is 2.32. The molecule has 1 aliphatic carbocycles. The molecule has 2 N–H and O–H groups in total. The zero-order valence-corrected chi connectivity index (χ0v) is 20.4. The smallest absolute Gasteiger partial charge is 0.225 e. The molecule has 1 saturated carbocycles. The van der Waals surface area contributed by atoms with Crippen molar-refractivity contribution in [3.8, 4) is 0 Å². The van der Waals surface area contributed by atoms with Crippen LogP contribution in [0.3, 0.4) is 0 Å². The van der Waals surface area contributed by atoms with Crippen molar-refractivity contribution in [2.24, 2.45) is 10.9 Å². The van der Waals surface area contributed by atoms with E-state index < -0.39 is 0 Å². The van der Waals surface area contributed by atoms with Crippen molar-refractivity contribution in [1.82, 2.24) is 15.5 Å². The number of nitrogens with one attached hydrogen (secondary N) is 2. The van der Waals surface area contributed by atoms with E-state index in [1.54, 1.807) is 19.2 Å². The number of likely N-dealkylation sites (tertiary alicyclic amines) is 1. The lowest BCUT2D eigenvalue weighted by Crippen LogP contribution is -2.46. The molecule has 0 bridgehead atoms. The number of nitrogens with zero attached hydrogens (tertiary/aromatic N) is 3. The number of hydrogen-bond acceptors (Lipinski definition) is 3. The molecule has 0 spiro atoms. The zero-order valence-electron chi connectivity index (χ0n) is 18.1. The molecular weight excluding hydrogens is 496 g/mol. The molecular formula is C22H35FIN5O. The maximum absolute atomic E-state index is 13.8. The second kappa shape index (κ2) is 12.3. The Morgan fingerprint density at radius 3 is 2.70 bits per heavy atom. The second-order valence-electron chi connectivity index (χ2n) is 8.12. The van der Waals surface area contributed by atoms with Gasteiger partial charge in [0.15, 0.2) is 5.96 Å². The quantitative estimate of drug-likeness (QED) is 0.246. The van der Waals surface area contributed by atoms with Crippen LogP contribution in [0.25, 0.3) is 0 Å². The van der Waals surface area contributed by atoms with Crippen LogP contribution in [0, 0.1) is 11.7 Å². The summed E-state index contributed by atoms with van der Waals surface area (Å²) < 4.78 is 13.8. The Morgan fingerprint density at radius 1 is 1.27 bits per heavy atom. The van der Waals surface area contributed by atoms with Crippen molar-refractivity contribution in [2.45, 2.75) is 44.6 Å². The van der Waals surface area contributed by atoms with Crippen molar-refractivity contribution in [3.63, 3.8) is 0 Å². The van der Waals surface area contributed by atoms with Crippen LogP contribution >= 0.6 is 24.0 Å². The topological polar surface area (TPSA) is 60.0 Å². The number of carbonyl (C=O) groups excluding carboxylic acids is 1. The molecule has 1 aromatic rings. The lowest BCUT2D eigenvalue weighted by molar-refractivity contribution is -0.134. The highest BCUT2D eigenvalue weighted by Crippen LogP contribution is 2.27. The number of guanidine groups is 1. The molecule has 1 heterocycles. The van der Waals surface area contributed by atoms with E-state index in [0.29, 0.717) is 11.6 Å². The van der Waals surface area contributed by atoms with Crippen LogP contribution in [0.1, 0.15) is 38.5 Å². The first kappa shape index (κ1) is 24.7. The largest absolute Gasteiger partial charge is 0.372 e. The summed E-state index contributed by atoms with van der Waals surface area (Å²) in [4.78, 5) is 20.8. The molecule has 1 aliphatic heterocycles. The Balaban J connectivity index is 0.00000320. The van der Waals surface area contributed by atoms with E-state index in [1.807, 2.05) is 22.9 Å². The van der Waals surface area contributed by atoms with E-state index in [1.165, 1.54) is 18.9 Å². The van der Waals surface area contributed by atoms with Gasteiger partial charge in [0.25, 0.3) is 0 Å². The van der Waals surface area contributed by atoms with Gasteiger partial charge >= 0.3 is 0 Å². The van der Waals surface area contributed by atoms with Gasteiger partial charge in [-0.15, -0.1) is 24.0 Å². The minimum Gasteiger partial charge on any atom is -0.372 e. The predicted octanol–water partition coefficient (Wildman–Crippen LogP) is 3.23. The summed E-state index contributed by atoms with van der Waals surface area (Å²) in [5, 5.41) is 6.77. The number of anilines is 1.